The van der Waals surface area contributed by atoms with Crippen molar-refractivity contribution in [1.82, 2.24) is 15.1 Å². The van der Waals surface area contributed by atoms with Crippen LogP contribution in [0.15, 0.2) is 47.6 Å². The molecule has 1 aromatic carbocycles. The molecule has 1 amide bonds. The summed E-state index contributed by atoms with van der Waals surface area (Å²) in [7, 11) is -3.76. The molecule has 0 saturated heterocycles. The van der Waals surface area contributed by atoms with Crippen LogP contribution in [0.1, 0.15) is 18.5 Å². The molecule has 1 unspecified atom stereocenters. The van der Waals surface area contributed by atoms with Crippen molar-refractivity contribution >= 4 is 15.9 Å². The normalized spacial score (nSPS) is 12.9. The average Bonchev–Trinajstić information content (AvgIpc) is 2.90. The van der Waals surface area contributed by atoms with Gasteiger partial charge in [0.25, 0.3) is 0 Å². The zero-order valence-electron chi connectivity index (χ0n) is 11.4. The van der Waals surface area contributed by atoms with E-state index in [1.54, 1.807) is 37.5 Å². The second-order valence-electron chi connectivity index (χ2n) is 4.61. The van der Waals surface area contributed by atoms with Gasteiger partial charge in [0.15, 0.2) is 0 Å². The molecule has 0 radical (unpaired) electrons. The topological polar surface area (TPSA) is 107 Å². The first kappa shape index (κ1) is 15.2. The minimum Gasteiger partial charge on any atom is -0.348 e. The molecule has 0 saturated carbocycles. The third kappa shape index (κ3) is 4.14. The third-order valence-corrected chi connectivity index (χ3v) is 3.84. The molecule has 1 heterocycles. The maximum Gasteiger partial charge on any atom is 0.242 e. The summed E-state index contributed by atoms with van der Waals surface area (Å²) in [5.74, 6) is -0.216. The first-order chi connectivity index (χ1) is 9.86. The number of rotatable bonds is 5. The van der Waals surface area contributed by atoms with Gasteiger partial charge in [-0.15, -0.1) is 0 Å². The number of amides is 1. The van der Waals surface area contributed by atoms with Crippen LogP contribution in [0.2, 0.25) is 0 Å². The molecule has 2 rings (SSSR count). The first-order valence-electron chi connectivity index (χ1n) is 6.26. The predicted octanol–water partition coefficient (Wildman–Crippen LogP) is 0.408. The summed E-state index contributed by atoms with van der Waals surface area (Å²) >= 11 is 0. The molecule has 2 aromatic rings. The maximum absolute atomic E-state index is 11.9. The molecule has 7 nitrogen and oxygen atoms in total. The number of hydrogen-bond acceptors (Lipinski definition) is 4. The van der Waals surface area contributed by atoms with Crippen molar-refractivity contribution in [2.24, 2.45) is 5.14 Å². The van der Waals surface area contributed by atoms with E-state index in [4.69, 9.17) is 5.14 Å². The van der Waals surface area contributed by atoms with E-state index in [9.17, 15) is 13.2 Å². The first-order valence-corrected chi connectivity index (χ1v) is 7.80. The van der Waals surface area contributed by atoms with Gasteiger partial charge in [0, 0.05) is 12.4 Å². The summed E-state index contributed by atoms with van der Waals surface area (Å²) in [6, 6.07) is 7.57. The highest BCUT2D eigenvalue weighted by Crippen LogP contribution is 2.16. The molecule has 1 aromatic heterocycles. The Kier molecular flexibility index (Phi) is 4.39. The highest BCUT2D eigenvalue weighted by Gasteiger charge is 2.13. The summed E-state index contributed by atoms with van der Waals surface area (Å²) in [5, 5.41) is 11.8. The van der Waals surface area contributed by atoms with Crippen molar-refractivity contribution in [3.05, 3.63) is 48.3 Å². The van der Waals surface area contributed by atoms with Crippen molar-refractivity contribution in [1.29, 1.82) is 0 Å². The van der Waals surface area contributed by atoms with E-state index in [0.29, 0.717) is 5.56 Å². The molecular weight excluding hydrogens is 292 g/mol. The number of carbonyl (C=O) groups is 1. The predicted molar refractivity (Wildman–Crippen MR) is 76.6 cm³/mol. The Hall–Kier alpha value is -2.19. The second-order valence-corrected chi connectivity index (χ2v) is 6.17. The van der Waals surface area contributed by atoms with Gasteiger partial charge in [-0.25, -0.2) is 13.6 Å². The molecule has 8 heteroatoms. The molecule has 0 fully saturated rings. The Labute approximate surface area is 122 Å². The van der Waals surface area contributed by atoms with Crippen LogP contribution >= 0.6 is 0 Å². The molecule has 0 aliphatic rings. The molecule has 21 heavy (non-hydrogen) atoms. The van der Waals surface area contributed by atoms with Gasteiger partial charge in [-0.3, -0.25) is 9.48 Å². The Morgan fingerprint density at radius 1 is 1.43 bits per heavy atom. The fourth-order valence-electron chi connectivity index (χ4n) is 1.87. The highest BCUT2D eigenvalue weighted by molar-refractivity contribution is 7.89. The Balaban J connectivity index is 2.06. The smallest absolute Gasteiger partial charge is 0.242 e. The molecular formula is C13H16N4O3S. The molecule has 0 aliphatic carbocycles. The number of hydrogen-bond donors (Lipinski definition) is 2. The van der Waals surface area contributed by atoms with Gasteiger partial charge in [0.05, 0.1) is 10.9 Å². The fraction of sp³-hybridized carbons (Fsp3) is 0.231. The summed E-state index contributed by atoms with van der Waals surface area (Å²) in [6.07, 6.45) is 3.28. The molecule has 1 atom stereocenters. The molecule has 3 N–H and O–H groups in total. The number of benzene rings is 1. The monoisotopic (exact) mass is 308 g/mol. The van der Waals surface area contributed by atoms with Crippen LogP contribution in [0.4, 0.5) is 0 Å². The Bertz CT molecular complexity index is 726. The van der Waals surface area contributed by atoms with Gasteiger partial charge < -0.3 is 5.32 Å². The average molecular weight is 308 g/mol. The van der Waals surface area contributed by atoms with Gasteiger partial charge >= 0.3 is 0 Å². The highest BCUT2D eigenvalue weighted by atomic mass is 32.2. The van der Waals surface area contributed by atoms with E-state index in [0.717, 1.165) is 0 Å². The Morgan fingerprint density at radius 2 is 2.19 bits per heavy atom. The standard InChI is InChI=1S/C13H16N4O3S/c1-10(16-13(18)9-17-7-3-6-15-17)11-4-2-5-12(8-11)21(14,19)20/h2-8,10H,9H2,1H3,(H,16,18)(H2,14,19,20). The van der Waals surface area contributed by atoms with Gasteiger partial charge in [-0.2, -0.15) is 5.10 Å². The lowest BCUT2D eigenvalue weighted by Crippen LogP contribution is -2.30. The number of sulfonamides is 1. The number of carbonyl (C=O) groups excluding carboxylic acids is 1. The van der Waals surface area contributed by atoms with Gasteiger partial charge in [0.1, 0.15) is 6.54 Å². The lowest BCUT2D eigenvalue weighted by atomic mass is 10.1. The maximum atomic E-state index is 11.9. The minimum absolute atomic E-state index is 0.0215. The summed E-state index contributed by atoms with van der Waals surface area (Å²) in [4.78, 5) is 11.9. The summed E-state index contributed by atoms with van der Waals surface area (Å²) in [6.45, 7) is 1.87. The van der Waals surface area contributed by atoms with E-state index < -0.39 is 10.0 Å². The number of aromatic nitrogens is 2. The number of nitrogens with zero attached hydrogens (tertiary/aromatic N) is 2. The van der Waals surface area contributed by atoms with Crippen molar-refractivity contribution in [2.45, 2.75) is 24.4 Å². The molecule has 0 spiro atoms. The van der Waals surface area contributed by atoms with E-state index in [-0.39, 0.29) is 23.4 Å². The van der Waals surface area contributed by atoms with Crippen LogP contribution in [-0.4, -0.2) is 24.1 Å². The fourth-order valence-corrected chi connectivity index (χ4v) is 2.44. The zero-order chi connectivity index (χ0) is 15.5. The van der Waals surface area contributed by atoms with Crippen LogP contribution in [0.5, 0.6) is 0 Å². The SMILES string of the molecule is CC(NC(=O)Cn1cccn1)c1cccc(S(N)(=O)=O)c1. The second kappa shape index (κ2) is 6.06. The summed E-state index contributed by atoms with van der Waals surface area (Å²) in [5.41, 5.74) is 0.662. The zero-order valence-corrected chi connectivity index (χ0v) is 12.2. The van der Waals surface area contributed by atoms with E-state index in [1.165, 1.54) is 16.8 Å². The van der Waals surface area contributed by atoms with Crippen LogP contribution in [0.25, 0.3) is 0 Å². The summed E-state index contributed by atoms with van der Waals surface area (Å²) < 4.78 is 24.1. The lowest BCUT2D eigenvalue weighted by Gasteiger charge is -2.15. The van der Waals surface area contributed by atoms with Crippen LogP contribution in [-0.2, 0) is 21.4 Å². The molecule has 112 valence electrons. The lowest BCUT2D eigenvalue weighted by molar-refractivity contribution is -0.122. The van der Waals surface area contributed by atoms with E-state index in [2.05, 4.69) is 10.4 Å². The van der Waals surface area contributed by atoms with Crippen molar-refractivity contribution < 1.29 is 13.2 Å². The number of primary sulfonamides is 1. The van der Waals surface area contributed by atoms with Gasteiger partial charge in [0.2, 0.25) is 15.9 Å². The van der Waals surface area contributed by atoms with Gasteiger partial charge in [-0.1, -0.05) is 12.1 Å². The van der Waals surface area contributed by atoms with Gasteiger partial charge in [-0.05, 0) is 30.7 Å². The molecule has 0 bridgehead atoms. The minimum atomic E-state index is -3.76. The van der Waals surface area contributed by atoms with E-state index in [1.807, 2.05) is 0 Å². The van der Waals surface area contributed by atoms with Crippen LogP contribution in [0.3, 0.4) is 0 Å². The number of nitrogens with two attached hydrogens (primary N) is 1. The van der Waals surface area contributed by atoms with Crippen molar-refractivity contribution in [2.75, 3.05) is 0 Å². The van der Waals surface area contributed by atoms with E-state index >= 15 is 0 Å². The largest absolute Gasteiger partial charge is 0.348 e. The van der Waals surface area contributed by atoms with Crippen LogP contribution in [0, 0.1) is 0 Å². The quantitative estimate of drug-likeness (QED) is 0.834. The molecule has 0 aliphatic heterocycles. The van der Waals surface area contributed by atoms with Crippen molar-refractivity contribution in [3.8, 4) is 0 Å². The van der Waals surface area contributed by atoms with Crippen LogP contribution < -0.4 is 10.5 Å². The number of nitrogens with one attached hydrogen (secondary N) is 1. The Morgan fingerprint density at radius 3 is 2.81 bits per heavy atom. The van der Waals surface area contributed by atoms with Crippen molar-refractivity contribution in [3.63, 3.8) is 0 Å². The third-order valence-electron chi connectivity index (χ3n) is 2.93.